The van der Waals surface area contributed by atoms with Gasteiger partial charge in [-0.3, -0.25) is 4.79 Å². The smallest absolute Gasteiger partial charge is 0.316 e. The maximum absolute atomic E-state index is 12.9. The van der Waals surface area contributed by atoms with E-state index < -0.39 is 54.6 Å². The monoisotopic (exact) mass is 528 g/mol. The van der Waals surface area contributed by atoms with E-state index >= 15 is 0 Å². The van der Waals surface area contributed by atoms with Crippen molar-refractivity contribution in [2.45, 2.75) is 127 Å². The molecule has 9 heteroatoms. The first-order valence-electron chi connectivity index (χ1n) is 14.1. The molecule has 0 bridgehead atoms. The molecule has 1 saturated heterocycles. The fraction of sp³-hybridized carbons (Fsp3) is 0.821. The van der Waals surface area contributed by atoms with Gasteiger partial charge in [-0.25, -0.2) is 0 Å². The number of rotatable bonds is 17. The number of esters is 1. The molecule has 1 fully saturated rings. The maximum atomic E-state index is 12.9. The van der Waals surface area contributed by atoms with Crippen LogP contribution in [0.5, 0.6) is 0 Å². The molecule has 214 valence electrons. The van der Waals surface area contributed by atoms with Crippen LogP contribution >= 0.6 is 0 Å². The van der Waals surface area contributed by atoms with Gasteiger partial charge >= 0.3 is 5.97 Å². The predicted molar refractivity (Wildman–Crippen MR) is 139 cm³/mol. The van der Waals surface area contributed by atoms with Crippen LogP contribution in [0.2, 0.25) is 0 Å². The van der Waals surface area contributed by atoms with Crippen LogP contribution in [0.3, 0.4) is 0 Å². The minimum absolute atomic E-state index is 0.149. The Kier molecular flexibility index (Phi) is 14.1. The van der Waals surface area contributed by atoms with Crippen molar-refractivity contribution in [1.82, 2.24) is 0 Å². The standard InChI is InChI=1S/C28H48O9/c1-2-3-4-5-6-7-8-9-10-11-12-13-14-17-36-27(34)21-18-20(30)15-16-28(21,35)26-25(33)24(32)23(31)22(19-29)37-26/h15-16,18,21-26,29-33,35H,2-14,17,19H2,1H3/t21?,22-,23-,24+,25-,26-,28?/m1/s1. The number of ether oxygens (including phenoxy) is 2. The van der Waals surface area contributed by atoms with Gasteiger partial charge in [0.15, 0.2) is 0 Å². The van der Waals surface area contributed by atoms with Crippen LogP contribution in [0.4, 0.5) is 0 Å². The SMILES string of the molecule is CCCCCCCCCCCCCCCOC(=O)C1C=C(O)C=CC1(O)[C@@H]1O[C@H](CO)[C@@H](O)[C@H](O)[C@H]1O. The van der Waals surface area contributed by atoms with Gasteiger partial charge in [-0.05, 0) is 24.6 Å². The highest BCUT2D eigenvalue weighted by Gasteiger charge is 2.56. The molecule has 2 rings (SSSR count). The average molecular weight is 529 g/mol. The summed E-state index contributed by atoms with van der Waals surface area (Å²) in [5, 5.41) is 61.4. The van der Waals surface area contributed by atoms with E-state index in [1.807, 2.05) is 0 Å². The molecule has 0 aromatic heterocycles. The van der Waals surface area contributed by atoms with Crippen LogP contribution in [-0.4, -0.2) is 85.9 Å². The molecule has 0 saturated carbocycles. The quantitative estimate of drug-likeness (QED) is 0.123. The summed E-state index contributed by atoms with van der Waals surface area (Å²) in [5.74, 6) is -2.49. The normalized spacial score (nSPS) is 31.8. The van der Waals surface area contributed by atoms with Crippen LogP contribution in [0, 0.1) is 5.92 Å². The summed E-state index contributed by atoms with van der Waals surface area (Å²) in [4.78, 5) is 12.9. The Morgan fingerprint density at radius 2 is 1.43 bits per heavy atom. The first kappa shape index (κ1) is 31.7. The maximum Gasteiger partial charge on any atom is 0.316 e. The lowest BCUT2D eigenvalue weighted by molar-refractivity contribution is -0.267. The predicted octanol–water partition coefficient (Wildman–Crippen LogP) is 2.82. The van der Waals surface area contributed by atoms with E-state index in [2.05, 4.69) is 6.92 Å². The van der Waals surface area contributed by atoms with Crippen molar-refractivity contribution in [2.75, 3.05) is 13.2 Å². The summed E-state index contributed by atoms with van der Waals surface area (Å²) in [5.41, 5.74) is -2.17. The Bertz CT molecular complexity index is 722. The van der Waals surface area contributed by atoms with E-state index in [0.717, 1.165) is 37.5 Å². The van der Waals surface area contributed by atoms with Crippen LogP contribution in [0.1, 0.15) is 90.4 Å². The van der Waals surface area contributed by atoms with Gasteiger partial charge in [0, 0.05) is 0 Å². The van der Waals surface area contributed by atoms with Gasteiger partial charge in [0.25, 0.3) is 0 Å². The number of allylic oxidation sites excluding steroid dienone is 1. The lowest BCUT2D eigenvalue weighted by Crippen LogP contribution is -2.67. The Morgan fingerprint density at radius 1 is 0.892 bits per heavy atom. The second-order valence-electron chi connectivity index (χ2n) is 10.4. The summed E-state index contributed by atoms with van der Waals surface area (Å²) in [6.07, 6.45) is 11.0. The highest BCUT2D eigenvalue weighted by molar-refractivity contribution is 5.77. The largest absolute Gasteiger partial charge is 0.508 e. The van der Waals surface area contributed by atoms with E-state index in [1.54, 1.807) is 0 Å². The van der Waals surface area contributed by atoms with Crippen LogP contribution in [0.15, 0.2) is 24.0 Å². The number of hydrogen-bond donors (Lipinski definition) is 6. The summed E-state index contributed by atoms with van der Waals surface area (Å²) in [6, 6.07) is 0. The van der Waals surface area contributed by atoms with E-state index in [1.165, 1.54) is 57.8 Å². The van der Waals surface area contributed by atoms with Gasteiger partial charge in [-0.1, -0.05) is 84.0 Å². The van der Waals surface area contributed by atoms with Crippen molar-refractivity contribution in [3.63, 3.8) is 0 Å². The molecule has 1 aliphatic heterocycles. The van der Waals surface area contributed by atoms with Gasteiger partial charge < -0.3 is 40.1 Å². The van der Waals surface area contributed by atoms with Crippen molar-refractivity contribution >= 4 is 5.97 Å². The third kappa shape index (κ3) is 9.33. The number of hydrogen-bond acceptors (Lipinski definition) is 9. The number of aliphatic hydroxyl groups is 6. The number of carbonyl (C=O) groups excluding carboxylic acids is 1. The molecular formula is C28H48O9. The molecule has 2 aliphatic rings. The van der Waals surface area contributed by atoms with Crippen molar-refractivity contribution in [2.24, 2.45) is 5.92 Å². The third-order valence-corrected chi connectivity index (χ3v) is 7.45. The number of unbranched alkanes of at least 4 members (excludes halogenated alkanes) is 12. The molecule has 0 spiro atoms. The molecule has 1 heterocycles. The van der Waals surface area contributed by atoms with Crippen molar-refractivity contribution in [1.29, 1.82) is 0 Å². The van der Waals surface area contributed by atoms with E-state index in [4.69, 9.17) is 9.47 Å². The van der Waals surface area contributed by atoms with Gasteiger partial charge in [0.1, 0.15) is 47.8 Å². The third-order valence-electron chi connectivity index (χ3n) is 7.45. The first-order chi connectivity index (χ1) is 17.8. The molecule has 2 unspecified atom stereocenters. The van der Waals surface area contributed by atoms with Crippen LogP contribution < -0.4 is 0 Å². The highest BCUT2D eigenvalue weighted by Crippen LogP contribution is 2.38. The van der Waals surface area contributed by atoms with Crippen LogP contribution in [-0.2, 0) is 14.3 Å². The molecule has 0 aromatic carbocycles. The summed E-state index contributed by atoms with van der Waals surface area (Å²) in [6.45, 7) is 1.71. The van der Waals surface area contributed by atoms with Crippen LogP contribution in [0.25, 0.3) is 0 Å². The lowest BCUT2D eigenvalue weighted by Gasteiger charge is -2.47. The zero-order chi connectivity index (χ0) is 27.3. The van der Waals surface area contributed by atoms with E-state index in [-0.39, 0.29) is 12.4 Å². The first-order valence-corrected chi connectivity index (χ1v) is 14.1. The van der Waals surface area contributed by atoms with Gasteiger partial charge in [-0.2, -0.15) is 0 Å². The molecule has 0 amide bonds. The zero-order valence-electron chi connectivity index (χ0n) is 22.2. The zero-order valence-corrected chi connectivity index (χ0v) is 22.2. The number of aliphatic hydroxyl groups excluding tert-OH is 5. The second-order valence-corrected chi connectivity index (χ2v) is 10.4. The van der Waals surface area contributed by atoms with E-state index in [0.29, 0.717) is 6.42 Å². The highest BCUT2D eigenvalue weighted by atomic mass is 16.6. The minimum atomic E-state index is -2.17. The van der Waals surface area contributed by atoms with E-state index in [9.17, 15) is 35.4 Å². The Balaban J connectivity index is 1.73. The van der Waals surface area contributed by atoms with Gasteiger partial charge in [0.05, 0.1) is 13.2 Å². The Labute approximate surface area is 220 Å². The van der Waals surface area contributed by atoms with Gasteiger partial charge in [0.2, 0.25) is 0 Å². The average Bonchev–Trinajstić information content (AvgIpc) is 2.89. The molecule has 9 nitrogen and oxygen atoms in total. The summed E-state index contributed by atoms with van der Waals surface area (Å²) in [7, 11) is 0. The van der Waals surface area contributed by atoms with Crippen molar-refractivity contribution < 1.29 is 44.9 Å². The number of carbonyl (C=O) groups is 1. The summed E-state index contributed by atoms with van der Waals surface area (Å²) >= 11 is 0. The molecule has 1 aliphatic carbocycles. The van der Waals surface area contributed by atoms with Crippen molar-refractivity contribution in [3.05, 3.63) is 24.0 Å². The summed E-state index contributed by atoms with van der Waals surface area (Å²) < 4.78 is 10.9. The molecule has 6 N–H and O–H groups in total. The Hall–Kier alpha value is -1.49. The molecule has 0 aromatic rings. The van der Waals surface area contributed by atoms with Gasteiger partial charge in [-0.15, -0.1) is 0 Å². The molecule has 7 atom stereocenters. The molecule has 0 radical (unpaired) electrons. The van der Waals surface area contributed by atoms with Crippen molar-refractivity contribution in [3.8, 4) is 0 Å². The topological polar surface area (TPSA) is 157 Å². The minimum Gasteiger partial charge on any atom is -0.508 e. The molecule has 37 heavy (non-hydrogen) atoms. The second kappa shape index (κ2) is 16.5. The fourth-order valence-corrected chi connectivity index (χ4v) is 5.08. The lowest BCUT2D eigenvalue weighted by atomic mass is 9.74. The Morgan fingerprint density at radius 3 is 1.97 bits per heavy atom. The molecular weight excluding hydrogens is 480 g/mol. The fourth-order valence-electron chi connectivity index (χ4n) is 5.08.